The molecule has 0 aliphatic carbocycles. The molecule has 2 N–H and O–H groups in total. The number of primary amides is 1. The molecule has 2 aliphatic heterocycles. The number of nitrogens with two attached hydrogens (primary N) is 1. The Bertz CT molecular complexity index is 581. The van der Waals surface area contributed by atoms with E-state index in [1.165, 1.54) is 0 Å². The van der Waals surface area contributed by atoms with Crippen molar-refractivity contribution in [1.82, 2.24) is 0 Å². The Morgan fingerprint density at radius 1 is 1.21 bits per heavy atom. The average molecular weight is 332 g/mol. The molecule has 24 heavy (non-hydrogen) atoms. The third-order valence-corrected chi connectivity index (χ3v) is 4.72. The van der Waals surface area contributed by atoms with Gasteiger partial charge in [0.05, 0.1) is 17.6 Å². The van der Waals surface area contributed by atoms with E-state index in [9.17, 15) is 9.59 Å². The summed E-state index contributed by atoms with van der Waals surface area (Å²) < 4.78 is 10.8. The highest BCUT2D eigenvalue weighted by molar-refractivity contribution is 5.89. The van der Waals surface area contributed by atoms with Crippen molar-refractivity contribution in [2.45, 2.75) is 31.8 Å². The third-order valence-electron chi connectivity index (χ3n) is 4.72. The van der Waals surface area contributed by atoms with Gasteiger partial charge in [-0.05, 0) is 49.9 Å². The fourth-order valence-electron chi connectivity index (χ4n) is 3.28. The lowest BCUT2D eigenvalue weighted by Gasteiger charge is -2.33. The van der Waals surface area contributed by atoms with Crippen LogP contribution < -0.4 is 10.6 Å². The Balaban J connectivity index is 1.56. The van der Waals surface area contributed by atoms with Crippen molar-refractivity contribution >= 4 is 17.6 Å². The second-order valence-electron chi connectivity index (χ2n) is 6.47. The van der Waals surface area contributed by atoms with Crippen LogP contribution >= 0.6 is 0 Å². The topological polar surface area (TPSA) is 81.9 Å². The van der Waals surface area contributed by atoms with E-state index in [-0.39, 0.29) is 23.9 Å². The van der Waals surface area contributed by atoms with Crippen LogP contribution in [0.3, 0.4) is 0 Å². The van der Waals surface area contributed by atoms with E-state index < -0.39 is 0 Å². The van der Waals surface area contributed by atoms with Crippen molar-refractivity contribution in [2.75, 3.05) is 31.2 Å². The molecule has 0 unspecified atom stereocenters. The number of ether oxygens (including phenoxy) is 2. The molecule has 0 saturated carbocycles. The maximum atomic E-state index is 12.1. The minimum atomic E-state index is -0.328. The van der Waals surface area contributed by atoms with Gasteiger partial charge in [-0.1, -0.05) is 0 Å². The monoisotopic (exact) mass is 332 g/mol. The second kappa shape index (κ2) is 7.66. The molecular weight excluding hydrogens is 308 g/mol. The fourth-order valence-corrected chi connectivity index (χ4v) is 3.28. The van der Waals surface area contributed by atoms with Crippen molar-refractivity contribution in [1.29, 1.82) is 0 Å². The first-order valence-electron chi connectivity index (χ1n) is 8.56. The summed E-state index contributed by atoms with van der Waals surface area (Å²) in [6.07, 6.45) is 3.80. The Morgan fingerprint density at radius 2 is 2.00 bits per heavy atom. The highest BCUT2D eigenvalue weighted by atomic mass is 16.6. The van der Waals surface area contributed by atoms with Gasteiger partial charge in [0.15, 0.2) is 0 Å². The number of hydrogen-bond acceptors (Lipinski definition) is 5. The summed E-state index contributed by atoms with van der Waals surface area (Å²) in [5.74, 6) is -0.672. The highest BCUT2D eigenvalue weighted by Crippen LogP contribution is 2.23. The predicted molar refractivity (Wildman–Crippen MR) is 89.8 cm³/mol. The van der Waals surface area contributed by atoms with E-state index in [1.54, 1.807) is 12.1 Å². The van der Waals surface area contributed by atoms with Gasteiger partial charge in [0.2, 0.25) is 5.91 Å². The Hall–Kier alpha value is -2.08. The Kier molecular flexibility index (Phi) is 5.35. The molecule has 6 heteroatoms. The van der Waals surface area contributed by atoms with E-state index in [0.29, 0.717) is 18.7 Å². The quantitative estimate of drug-likeness (QED) is 0.830. The number of carbonyl (C=O) groups is 2. The lowest BCUT2D eigenvalue weighted by atomic mass is 9.97. The van der Waals surface area contributed by atoms with Crippen molar-refractivity contribution in [3.8, 4) is 0 Å². The number of benzene rings is 1. The van der Waals surface area contributed by atoms with Crippen molar-refractivity contribution in [2.24, 2.45) is 11.7 Å². The zero-order valence-electron chi connectivity index (χ0n) is 13.8. The molecule has 0 radical (unpaired) electrons. The van der Waals surface area contributed by atoms with Gasteiger partial charge >= 0.3 is 5.97 Å². The molecule has 2 aliphatic rings. The first-order valence-corrected chi connectivity index (χ1v) is 8.56. The normalized spacial score (nSPS) is 23.9. The van der Waals surface area contributed by atoms with Crippen molar-refractivity contribution in [3.63, 3.8) is 0 Å². The van der Waals surface area contributed by atoms with Crippen LogP contribution in [0.5, 0.6) is 0 Å². The minimum Gasteiger partial charge on any atom is -0.459 e. The number of rotatable bonds is 5. The number of piperidine rings is 1. The van der Waals surface area contributed by atoms with Crippen LogP contribution in [0.4, 0.5) is 5.69 Å². The zero-order chi connectivity index (χ0) is 16.9. The molecule has 2 fully saturated rings. The van der Waals surface area contributed by atoms with Gasteiger partial charge in [-0.15, -0.1) is 0 Å². The summed E-state index contributed by atoms with van der Waals surface area (Å²) in [7, 11) is 0. The molecule has 1 aromatic rings. The molecular formula is C18H24N2O4. The maximum absolute atomic E-state index is 12.1. The summed E-state index contributed by atoms with van der Waals surface area (Å²) in [6.45, 7) is 2.59. The molecule has 0 bridgehead atoms. The summed E-state index contributed by atoms with van der Waals surface area (Å²) >= 11 is 0. The third kappa shape index (κ3) is 4.06. The highest BCUT2D eigenvalue weighted by Gasteiger charge is 2.24. The van der Waals surface area contributed by atoms with Crippen LogP contribution in [0.2, 0.25) is 0 Å². The molecule has 3 rings (SSSR count). The molecule has 2 saturated heterocycles. The van der Waals surface area contributed by atoms with E-state index >= 15 is 0 Å². The minimum absolute atomic E-state index is 0.0345. The lowest BCUT2D eigenvalue weighted by molar-refractivity contribution is -0.122. The number of hydrogen-bond donors (Lipinski definition) is 1. The van der Waals surface area contributed by atoms with Gasteiger partial charge < -0.3 is 20.1 Å². The van der Waals surface area contributed by atoms with E-state index in [4.69, 9.17) is 15.2 Å². The Labute approximate surface area is 141 Å². The van der Waals surface area contributed by atoms with Gasteiger partial charge in [-0.3, -0.25) is 4.79 Å². The summed E-state index contributed by atoms with van der Waals surface area (Å²) in [5.41, 5.74) is 6.94. The second-order valence-corrected chi connectivity index (χ2v) is 6.47. The molecule has 2 atom stereocenters. The van der Waals surface area contributed by atoms with Gasteiger partial charge in [-0.25, -0.2) is 4.79 Å². The van der Waals surface area contributed by atoms with E-state index in [0.717, 1.165) is 44.5 Å². The summed E-state index contributed by atoms with van der Waals surface area (Å²) in [6, 6.07) is 7.32. The van der Waals surface area contributed by atoms with Crippen LogP contribution in [0.25, 0.3) is 0 Å². The van der Waals surface area contributed by atoms with Crippen LogP contribution in [0.1, 0.15) is 36.0 Å². The molecule has 2 heterocycles. The van der Waals surface area contributed by atoms with Gasteiger partial charge in [0.1, 0.15) is 6.61 Å². The Morgan fingerprint density at radius 3 is 2.67 bits per heavy atom. The first kappa shape index (κ1) is 16.8. The number of nitrogens with zero attached hydrogens (tertiary/aromatic N) is 1. The van der Waals surface area contributed by atoms with Crippen LogP contribution in [0, 0.1) is 5.92 Å². The van der Waals surface area contributed by atoms with E-state index in [1.807, 2.05) is 12.1 Å². The average Bonchev–Trinajstić information content (AvgIpc) is 3.13. The largest absolute Gasteiger partial charge is 0.459 e. The van der Waals surface area contributed by atoms with Gasteiger partial charge in [-0.2, -0.15) is 0 Å². The van der Waals surface area contributed by atoms with Gasteiger partial charge in [0, 0.05) is 25.4 Å². The molecule has 0 spiro atoms. The summed E-state index contributed by atoms with van der Waals surface area (Å²) in [5, 5.41) is 0. The van der Waals surface area contributed by atoms with E-state index in [2.05, 4.69) is 4.90 Å². The molecule has 130 valence electrons. The molecule has 1 amide bonds. The molecule has 1 aromatic carbocycles. The predicted octanol–water partition coefficient (Wildman–Crippen LogP) is 1.72. The number of carbonyl (C=O) groups excluding carboxylic acids is 2. The number of esters is 1. The van der Waals surface area contributed by atoms with Crippen LogP contribution in [-0.2, 0) is 14.3 Å². The zero-order valence-corrected chi connectivity index (χ0v) is 13.8. The lowest BCUT2D eigenvalue weighted by Crippen LogP contribution is -2.41. The maximum Gasteiger partial charge on any atom is 0.338 e. The smallest absolute Gasteiger partial charge is 0.338 e. The number of amides is 1. The van der Waals surface area contributed by atoms with Crippen LogP contribution in [0.15, 0.2) is 24.3 Å². The van der Waals surface area contributed by atoms with Gasteiger partial charge in [0.25, 0.3) is 0 Å². The standard InChI is InChI=1S/C18H24N2O4/c19-17(21)14-3-1-9-20(11-14)15-7-5-13(6-8-15)18(22)24-12-16-4-2-10-23-16/h5-8,14,16H,1-4,9-12H2,(H2,19,21)/t14-,16-/m1/s1. The SMILES string of the molecule is NC(=O)[C@@H]1CCCN(c2ccc(C(=O)OC[C@H]3CCCO3)cc2)C1. The van der Waals surface area contributed by atoms with Crippen molar-refractivity contribution in [3.05, 3.63) is 29.8 Å². The fraction of sp³-hybridized carbons (Fsp3) is 0.556. The number of anilines is 1. The molecule has 6 nitrogen and oxygen atoms in total. The molecule has 0 aromatic heterocycles. The summed E-state index contributed by atoms with van der Waals surface area (Å²) in [4.78, 5) is 25.6. The van der Waals surface area contributed by atoms with Crippen LogP contribution in [-0.4, -0.2) is 44.3 Å². The first-order chi connectivity index (χ1) is 11.6. The van der Waals surface area contributed by atoms with Crippen molar-refractivity contribution < 1.29 is 19.1 Å².